The molecule has 0 fully saturated rings. The van der Waals surface area contributed by atoms with Gasteiger partial charge in [-0.1, -0.05) is 42.1 Å². The Hall–Kier alpha value is -2.61. The molecule has 1 aromatic carbocycles. The third kappa shape index (κ3) is 3.33. The number of carbonyl (C=O) groups excluding carboxylic acids is 1. The molecular weight excluding hydrogens is 330 g/mol. The maximum atomic E-state index is 12.3. The monoisotopic (exact) mass is 345 g/mol. The molecule has 0 saturated heterocycles. The van der Waals surface area contributed by atoms with Crippen LogP contribution in [0, 0.1) is 0 Å². The van der Waals surface area contributed by atoms with Crippen molar-refractivity contribution in [2.24, 2.45) is 0 Å². The fraction of sp³-hybridized carbons (Fsp3) is 0.250. The van der Waals surface area contributed by atoms with Crippen molar-refractivity contribution in [3.63, 3.8) is 0 Å². The molecule has 1 atom stereocenters. The van der Waals surface area contributed by atoms with E-state index in [2.05, 4.69) is 10.3 Å². The molecule has 7 nitrogen and oxygen atoms in total. The number of carboxylic acid groups (broad SMARTS) is 1. The smallest absolute Gasteiger partial charge is 0.326 e. The summed E-state index contributed by atoms with van der Waals surface area (Å²) in [6.45, 7) is 0.499. The molecular formula is C16H15N3O4S. The molecule has 1 aliphatic heterocycles. The van der Waals surface area contributed by atoms with Gasteiger partial charge in [0.2, 0.25) is 0 Å². The lowest BCUT2D eigenvalue weighted by Crippen LogP contribution is -2.44. The van der Waals surface area contributed by atoms with Crippen LogP contribution in [-0.2, 0) is 17.8 Å². The molecule has 2 aromatic rings. The molecule has 2 heterocycles. The van der Waals surface area contributed by atoms with Crippen LogP contribution in [0.5, 0.6) is 0 Å². The first-order chi connectivity index (χ1) is 11.6. The van der Waals surface area contributed by atoms with Crippen molar-refractivity contribution in [1.29, 1.82) is 0 Å². The average molecular weight is 345 g/mol. The van der Waals surface area contributed by atoms with Gasteiger partial charge in [-0.2, -0.15) is 0 Å². The molecule has 0 spiro atoms. The average Bonchev–Trinajstić information content (AvgIpc) is 3.05. The van der Waals surface area contributed by atoms with Gasteiger partial charge in [-0.25, -0.2) is 9.78 Å². The van der Waals surface area contributed by atoms with Gasteiger partial charge in [0.1, 0.15) is 11.6 Å². The maximum Gasteiger partial charge on any atom is 0.326 e. The summed E-state index contributed by atoms with van der Waals surface area (Å²) in [6.07, 6.45) is 1.35. The summed E-state index contributed by atoms with van der Waals surface area (Å²) in [5.74, 6) is -1.14. The number of amides is 1. The first-order valence-corrected chi connectivity index (χ1v) is 8.35. The van der Waals surface area contributed by atoms with Crippen molar-refractivity contribution >= 4 is 23.6 Å². The van der Waals surface area contributed by atoms with Gasteiger partial charge >= 0.3 is 5.97 Å². The van der Waals surface area contributed by atoms with Gasteiger partial charge < -0.3 is 10.4 Å². The predicted octanol–water partition coefficient (Wildman–Crippen LogP) is 0.775. The molecule has 0 radical (unpaired) electrons. The highest BCUT2D eigenvalue weighted by Crippen LogP contribution is 2.20. The van der Waals surface area contributed by atoms with Crippen LogP contribution >= 0.6 is 11.8 Å². The van der Waals surface area contributed by atoms with Crippen LogP contribution in [-0.4, -0.2) is 38.3 Å². The highest BCUT2D eigenvalue weighted by Gasteiger charge is 2.25. The van der Waals surface area contributed by atoms with Crippen molar-refractivity contribution in [3.8, 4) is 0 Å². The van der Waals surface area contributed by atoms with Crippen LogP contribution in [0.15, 0.2) is 46.5 Å². The summed E-state index contributed by atoms with van der Waals surface area (Å²) in [6, 6.07) is 7.87. The SMILES string of the molecule is O=C(N[C@H](Cc1ccccc1)C(=O)O)c1cnc2n(c1=O)CCS2. The van der Waals surface area contributed by atoms with E-state index >= 15 is 0 Å². The van der Waals surface area contributed by atoms with Crippen molar-refractivity contribution in [2.75, 3.05) is 5.75 Å². The number of benzene rings is 1. The number of carbonyl (C=O) groups is 2. The van der Waals surface area contributed by atoms with E-state index in [-0.39, 0.29) is 12.0 Å². The third-order valence-electron chi connectivity index (χ3n) is 3.69. The number of fused-ring (bicyclic) bond motifs is 1. The van der Waals surface area contributed by atoms with Crippen molar-refractivity contribution in [1.82, 2.24) is 14.9 Å². The number of nitrogens with zero attached hydrogens (tertiary/aromatic N) is 2. The van der Waals surface area contributed by atoms with Crippen molar-refractivity contribution in [3.05, 3.63) is 58.0 Å². The predicted molar refractivity (Wildman–Crippen MR) is 88.3 cm³/mol. The van der Waals surface area contributed by atoms with Gasteiger partial charge in [0, 0.05) is 24.9 Å². The second-order valence-electron chi connectivity index (χ2n) is 5.31. The number of nitrogens with one attached hydrogen (secondary N) is 1. The van der Waals surface area contributed by atoms with Crippen molar-refractivity contribution < 1.29 is 14.7 Å². The summed E-state index contributed by atoms with van der Waals surface area (Å²) in [5, 5.41) is 12.3. The van der Waals surface area contributed by atoms with E-state index in [1.165, 1.54) is 22.5 Å². The van der Waals surface area contributed by atoms with E-state index in [0.29, 0.717) is 11.7 Å². The van der Waals surface area contributed by atoms with E-state index in [4.69, 9.17) is 0 Å². The highest BCUT2D eigenvalue weighted by molar-refractivity contribution is 7.99. The van der Waals surface area contributed by atoms with Crippen LogP contribution in [0.4, 0.5) is 0 Å². The Bertz CT molecular complexity index is 835. The fourth-order valence-electron chi connectivity index (χ4n) is 2.46. The van der Waals surface area contributed by atoms with Crippen LogP contribution in [0.1, 0.15) is 15.9 Å². The molecule has 0 bridgehead atoms. The molecule has 3 rings (SSSR count). The Balaban J connectivity index is 1.79. The Morgan fingerprint density at radius 1 is 1.33 bits per heavy atom. The Labute approximate surface area is 141 Å². The van der Waals surface area contributed by atoms with Crippen LogP contribution < -0.4 is 10.9 Å². The lowest BCUT2D eigenvalue weighted by atomic mass is 10.1. The molecule has 8 heteroatoms. The van der Waals surface area contributed by atoms with Crippen LogP contribution in [0.2, 0.25) is 0 Å². The zero-order chi connectivity index (χ0) is 17.1. The second kappa shape index (κ2) is 6.88. The molecule has 2 N–H and O–H groups in total. The molecule has 1 aliphatic rings. The number of thioether (sulfide) groups is 1. The molecule has 0 unspecified atom stereocenters. The first kappa shape index (κ1) is 16.3. The molecule has 0 aliphatic carbocycles. The lowest BCUT2D eigenvalue weighted by molar-refractivity contribution is -0.139. The Kier molecular flexibility index (Phi) is 4.66. The summed E-state index contributed by atoms with van der Waals surface area (Å²) >= 11 is 1.45. The fourth-order valence-corrected chi connectivity index (χ4v) is 3.37. The lowest BCUT2D eigenvalue weighted by Gasteiger charge is -2.14. The zero-order valence-corrected chi connectivity index (χ0v) is 13.5. The van der Waals surface area contributed by atoms with E-state index in [1.54, 1.807) is 24.3 Å². The zero-order valence-electron chi connectivity index (χ0n) is 12.6. The minimum atomic E-state index is -1.16. The number of hydrogen-bond acceptors (Lipinski definition) is 5. The Morgan fingerprint density at radius 3 is 2.79 bits per heavy atom. The molecule has 1 amide bonds. The van der Waals surface area contributed by atoms with E-state index in [1.807, 2.05) is 6.07 Å². The van der Waals surface area contributed by atoms with E-state index in [9.17, 15) is 19.5 Å². The largest absolute Gasteiger partial charge is 0.480 e. The van der Waals surface area contributed by atoms with Gasteiger partial charge in [-0.3, -0.25) is 14.2 Å². The first-order valence-electron chi connectivity index (χ1n) is 7.36. The second-order valence-corrected chi connectivity index (χ2v) is 6.38. The number of carboxylic acids is 1. The molecule has 24 heavy (non-hydrogen) atoms. The Morgan fingerprint density at radius 2 is 2.08 bits per heavy atom. The van der Waals surface area contributed by atoms with Gasteiger partial charge in [0.25, 0.3) is 11.5 Å². The van der Waals surface area contributed by atoms with Crippen LogP contribution in [0.3, 0.4) is 0 Å². The van der Waals surface area contributed by atoms with E-state index in [0.717, 1.165) is 11.3 Å². The number of rotatable bonds is 5. The van der Waals surface area contributed by atoms with Crippen LogP contribution in [0.25, 0.3) is 0 Å². The quantitative estimate of drug-likeness (QED) is 0.777. The van der Waals surface area contributed by atoms with Gasteiger partial charge in [0.05, 0.1) is 0 Å². The number of hydrogen-bond donors (Lipinski definition) is 2. The third-order valence-corrected chi connectivity index (χ3v) is 4.66. The van der Waals surface area contributed by atoms with Gasteiger partial charge in [0.15, 0.2) is 5.16 Å². The normalized spacial score (nSPS) is 14.0. The summed E-state index contributed by atoms with van der Waals surface area (Å²) < 4.78 is 1.44. The molecule has 124 valence electrons. The molecule has 1 aromatic heterocycles. The van der Waals surface area contributed by atoms with E-state index < -0.39 is 23.5 Å². The number of aliphatic carboxylic acids is 1. The molecule has 0 saturated carbocycles. The van der Waals surface area contributed by atoms with Crippen molar-refractivity contribution in [2.45, 2.75) is 24.2 Å². The maximum absolute atomic E-state index is 12.3. The summed E-state index contributed by atoms with van der Waals surface area (Å²) in [5.41, 5.74) is 0.206. The highest BCUT2D eigenvalue weighted by atomic mass is 32.2. The number of aromatic nitrogens is 2. The topological polar surface area (TPSA) is 101 Å². The standard InChI is InChI=1S/C16H15N3O4S/c20-13(11-9-17-16-19(14(11)21)6-7-24-16)18-12(15(22)23)8-10-4-2-1-3-5-10/h1-5,9,12H,6-8H2,(H,18,20)(H,22,23)/t12-/m1/s1. The minimum Gasteiger partial charge on any atom is -0.480 e. The van der Waals surface area contributed by atoms with Gasteiger partial charge in [-0.05, 0) is 5.56 Å². The minimum absolute atomic E-state index is 0.136. The summed E-state index contributed by atoms with van der Waals surface area (Å²) in [4.78, 5) is 40.2. The summed E-state index contributed by atoms with van der Waals surface area (Å²) in [7, 11) is 0. The van der Waals surface area contributed by atoms with Gasteiger partial charge in [-0.15, -0.1) is 0 Å².